The van der Waals surface area contributed by atoms with Gasteiger partial charge in [0.05, 0.1) is 39.0 Å². The van der Waals surface area contributed by atoms with Gasteiger partial charge in [-0.25, -0.2) is 0 Å². The Labute approximate surface area is 160 Å². The van der Waals surface area contributed by atoms with Gasteiger partial charge < -0.3 is 18.6 Å². The summed E-state index contributed by atoms with van der Waals surface area (Å²) in [6.45, 7) is 0.304. The second-order valence-corrected chi connectivity index (χ2v) is 6.95. The van der Waals surface area contributed by atoms with Gasteiger partial charge >= 0.3 is 0 Å². The minimum atomic E-state index is -0.173. The van der Waals surface area contributed by atoms with Crippen molar-refractivity contribution in [2.45, 2.75) is 6.54 Å². The minimum absolute atomic E-state index is 0.173. The first-order valence-corrected chi connectivity index (χ1v) is 8.88. The van der Waals surface area contributed by atoms with E-state index in [0.29, 0.717) is 44.3 Å². The predicted octanol–water partition coefficient (Wildman–Crippen LogP) is 3.71. The first-order chi connectivity index (χ1) is 12.6. The van der Waals surface area contributed by atoms with Crippen molar-refractivity contribution in [3.05, 3.63) is 46.8 Å². The zero-order chi connectivity index (χ0) is 18.7. The number of rotatable bonds is 6. The van der Waals surface area contributed by atoms with E-state index in [2.05, 4.69) is 0 Å². The molecular weight excluding hydrogens is 374 g/mol. The molecule has 26 heavy (non-hydrogen) atoms. The zero-order valence-electron chi connectivity index (χ0n) is 14.5. The molecule has 0 spiro atoms. The molecule has 1 aliphatic heterocycles. The first kappa shape index (κ1) is 18.3. The molecule has 0 atom stereocenters. The molecule has 0 aliphatic carbocycles. The van der Waals surface area contributed by atoms with Crippen LogP contribution in [0.15, 0.2) is 39.9 Å². The molecule has 1 saturated heterocycles. The van der Waals surface area contributed by atoms with E-state index in [-0.39, 0.29) is 5.91 Å². The van der Waals surface area contributed by atoms with Crippen LogP contribution in [0.5, 0.6) is 17.2 Å². The molecular formula is C18H17NO5S2. The highest BCUT2D eigenvalue weighted by Crippen LogP contribution is 2.42. The Morgan fingerprint density at radius 1 is 1.15 bits per heavy atom. The summed E-state index contributed by atoms with van der Waals surface area (Å²) in [6, 6.07) is 7.15. The van der Waals surface area contributed by atoms with Crippen molar-refractivity contribution in [2.75, 3.05) is 21.3 Å². The lowest BCUT2D eigenvalue weighted by Crippen LogP contribution is -2.27. The highest BCUT2D eigenvalue weighted by molar-refractivity contribution is 8.26. The molecule has 0 bridgehead atoms. The van der Waals surface area contributed by atoms with Crippen LogP contribution >= 0.6 is 24.0 Å². The van der Waals surface area contributed by atoms with Gasteiger partial charge in [-0.05, 0) is 30.3 Å². The van der Waals surface area contributed by atoms with E-state index in [1.54, 1.807) is 43.7 Å². The highest BCUT2D eigenvalue weighted by Gasteiger charge is 2.33. The number of benzene rings is 1. The summed E-state index contributed by atoms with van der Waals surface area (Å²) in [6.07, 6.45) is 3.31. The van der Waals surface area contributed by atoms with Crippen LogP contribution in [0.4, 0.5) is 0 Å². The number of thiocarbonyl (C=S) groups is 1. The van der Waals surface area contributed by atoms with Crippen LogP contribution in [0.2, 0.25) is 0 Å². The zero-order valence-corrected chi connectivity index (χ0v) is 16.1. The van der Waals surface area contributed by atoms with E-state index in [1.807, 2.05) is 0 Å². The molecule has 2 aromatic rings. The number of nitrogens with zero attached hydrogens (tertiary/aromatic N) is 1. The van der Waals surface area contributed by atoms with E-state index in [4.69, 9.17) is 30.8 Å². The molecule has 2 heterocycles. The number of hydrogen-bond acceptors (Lipinski definition) is 7. The van der Waals surface area contributed by atoms with Crippen molar-refractivity contribution in [3.8, 4) is 17.2 Å². The maximum atomic E-state index is 12.7. The Morgan fingerprint density at radius 3 is 2.54 bits per heavy atom. The summed E-state index contributed by atoms with van der Waals surface area (Å²) in [5, 5.41) is 0. The topological polar surface area (TPSA) is 61.1 Å². The number of hydrogen-bond donors (Lipinski definition) is 0. The predicted molar refractivity (Wildman–Crippen MR) is 104 cm³/mol. The fraction of sp³-hybridized carbons (Fsp3) is 0.222. The first-order valence-electron chi connectivity index (χ1n) is 7.65. The second kappa shape index (κ2) is 7.84. The van der Waals surface area contributed by atoms with Crippen molar-refractivity contribution in [2.24, 2.45) is 0 Å². The Kier molecular flexibility index (Phi) is 5.53. The SMILES string of the molecule is COc1ccc(C=C2SC(=S)N(Cc3ccco3)C2=O)c(OC)c1OC. The number of methoxy groups -OCH3 is 3. The molecule has 8 heteroatoms. The Balaban J connectivity index is 1.93. The van der Waals surface area contributed by atoms with Gasteiger partial charge in [-0.15, -0.1) is 0 Å². The van der Waals surface area contributed by atoms with Gasteiger partial charge in [-0.1, -0.05) is 24.0 Å². The smallest absolute Gasteiger partial charge is 0.266 e. The summed E-state index contributed by atoms with van der Waals surface area (Å²) in [4.78, 5) is 14.8. The van der Waals surface area contributed by atoms with Crippen LogP contribution in [0.3, 0.4) is 0 Å². The lowest BCUT2D eigenvalue weighted by Gasteiger charge is -2.14. The van der Waals surface area contributed by atoms with Crippen molar-refractivity contribution in [1.82, 2.24) is 4.90 Å². The molecule has 1 aromatic carbocycles. The second-order valence-electron chi connectivity index (χ2n) is 5.27. The van der Waals surface area contributed by atoms with Crippen LogP contribution in [-0.4, -0.2) is 36.5 Å². The molecule has 0 radical (unpaired) electrons. The number of carbonyl (C=O) groups excluding carboxylic acids is 1. The molecule has 0 N–H and O–H groups in total. The quantitative estimate of drug-likeness (QED) is 0.549. The molecule has 1 fully saturated rings. The molecule has 136 valence electrons. The number of thioether (sulfide) groups is 1. The Bertz CT molecular complexity index is 861. The third-order valence-corrected chi connectivity index (χ3v) is 5.17. The van der Waals surface area contributed by atoms with Crippen LogP contribution in [0.25, 0.3) is 6.08 Å². The van der Waals surface area contributed by atoms with Gasteiger partial charge in [0.25, 0.3) is 5.91 Å². The Morgan fingerprint density at radius 2 is 1.92 bits per heavy atom. The third-order valence-electron chi connectivity index (χ3n) is 3.79. The minimum Gasteiger partial charge on any atom is -0.493 e. The fourth-order valence-electron chi connectivity index (χ4n) is 2.57. The summed E-state index contributed by atoms with van der Waals surface area (Å²) >= 11 is 6.58. The van der Waals surface area contributed by atoms with Gasteiger partial charge in [0.1, 0.15) is 10.1 Å². The number of carbonyl (C=O) groups is 1. The molecule has 0 saturated carbocycles. The lowest BCUT2D eigenvalue weighted by atomic mass is 10.1. The maximum absolute atomic E-state index is 12.7. The van der Waals surface area contributed by atoms with E-state index >= 15 is 0 Å². The number of ether oxygens (including phenoxy) is 3. The summed E-state index contributed by atoms with van der Waals surface area (Å²) in [7, 11) is 4.63. The van der Waals surface area contributed by atoms with E-state index in [1.165, 1.54) is 30.9 Å². The van der Waals surface area contributed by atoms with Gasteiger partial charge in [-0.2, -0.15) is 0 Å². The number of furan rings is 1. The largest absolute Gasteiger partial charge is 0.493 e. The average Bonchev–Trinajstić information content (AvgIpc) is 3.25. The van der Waals surface area contributed by atoms with Crippen LogP contribution in [0, 0.1) is 0 Å². The standard InChI is InChI=1S/C18H17NO5S2/c1-21-13-7-6-11(15(22-2)16(13)23-3)9-14-17(20)19(18(25)26-14)10-12-5-4-8-24-12/h4-9H,10H2,1-3H3. The lowest BCUT2D eigenvalue weighted by molar-refractivity contribution is -0.122. The van der Waals surface area contributed by atoms with Crippen LogP contribution < -0.4 is 14.2 Å². The summed E-state index contributed by atoms with van der Waals surface area (Å²) in [5.41, 5.74) is 0.698. The third kappa shape index (κ3) is 3.42. The highest BCUT2D eigenvalue weighted by atomic mass is 32.2. The van der Waals surface area contributed by atoms with Gasteiger partial charge in [0.2, 0.25) is 5.75 Å². The molecule has 1 aromatic heterocycles. The average molecular weight is 391 g/mol. The normalized spacial score (nSPS) is 15.7. The number of amides is 1. The fourth-order valence-corrected chi connectivity index (χ4v) is 3.82. The van der Waals surface area contributed by atoms with Gasteiger partial charge in [0, 0.05) is 5.56 Å². The van der Waals surface area contributed by atoms with Gasteiger partial charge in [-0.3, -0.25) is 9.69 Å². The van der Waals surface area contributed by atoms with E-state index in [9.17, 15) is 4.79 Å². The maximum Gasteiger partial charge on any atom is 0.266 e. The molecule has 6 nitrogen and oxygen atoms in total. The van der Waals surface area contributed by atoms with Gasteiger partial charge in [0.15, 0.2) is 11.5 Å². The van der Waals surface area contributed by atoms with E-state index in [0.717, 1.165) is 0 Å². The van der Waals surface area contributed by atoms with Crippen molar-refractivity contribution >= 4 is 40.3 Å². The summed E-state index contributed by atoms with van der Waals surface area (Å²) in [5.74, 6) is 2.00. The van der Waals surface area contributed by atoms with Crippen molar-refractivity contribution in [1.29, 1.82) is 0 Å². The molecule has 1 amide bonds. The molecule has 0 unspecified atom stereocenters. The Hall–Kier alpha value is -2.45. The monoisotopic (exact) mass is 391 g/mol. The van der Waals surface area contributed by atoms with Crippen molar-refractivity contribution < 1.29 is 23.4 Å². The van der Waals surface area contributed by atoms with Crippen LogP contribution in [0.1, 0.15) is 11.3 Å². The van der Waals surface area contributed by atoms with Crippen LogP contribution in [-0.2, 0) is 11.3 Å². The summed E-state index contributed by atoms with van der Waals surface area (Å²) < 4.78 is 21.9. The molecule has 3 rings (SSSR count). The van der Waals surface area contributed by atoms with E-state index < -0.39 is 0 Å². The molecule has 1 aliphatic rings. The van der Waals surface area contributed by atoms with Crippen molar-refractivity contribution in [3.63, 3.8) is 0 Å².